The van der Waals surface area contributed by atoms with Crippen LogP contribution in [-0.2, 0) is 11.3 Å². The number of hydrogen-bond acceptors (Lipinski definition) is 4. The highest BCUT2D eigenvalue weighted by atomic mass is 79.9. The number of benzene rings is 2. The Morgan fingerprint density at radius 3 is 2.75 bits per heavy atom. The van der Waals surface area contributed by atoms with Crippen molar-refractivity contribution in [2.24, 2.45) is 0 Å². The van der Waals surface area contributed by atoms with E-state index in [1.807, 2.05) is 49.4 Å². The van der Waals surface area contributed by atoms with E-state index in [4.69, 9.17) is 9.47 Å². The van der Waals surface area contributed by atoms with E-state index in [2.05, 4.69) is 21.2 Å². The van der Waals surface area contributed by atoms with E-state index in [-0.39, 0.29) is 11.2 Å². The van der Waals surface area contributed by atoms with Gasteiger partial charge in [-0.3, -0.25) is 4.79 Å². The van der Waals surface area contributed by atoms with E-state index in [1.54, 1.807) is 0 Å². The summed E-state index contributed by atoms with van der Waals surface area (Å²) in [6.07, 6.45) is 0. The molecule has 0 aromatic heterocycles. The number of amides is 1. The molecule has 0 saturated carbocycles. The van der Waals surface area contributed by atoms with Gasteiger partial charge in [-0.25, -0.2) is 0 Å². The van der Waals surface area contributed by atoms with Gasteiger partial charge < -0.3 is 14.8 Å². The monoisotopic (exact) mass is 407 g/mol. The lowest BCUT2D eigenvalue weighted by Gasteiger charge is -2.21. The Balaban J connectivity index is 1.58. The molecule has 1 unspecified atom stereocenters. The molecule has 2 aromatic rings. The van der Waals surface area contributed by atoms with Gasteiger partial charge in [-0.2, -0.15) is 0 Å². The second-order valence-corrected chi connectivity index (χ2v) is 7.70. The maximum atomic E-state index is 12.3. The van der Waals surface area contributed by atoms with Crippen LogP contribution in [0.25, 0.3) is 0 Å². The third-order valence-electron chi connectivity index (χ3n) is 3.60. The minimum atomic E-state index is -0.178. The van der Waals surface area contributed by atoms with Gasteiger partial charge in [0, 0.05) is 21.5 Å². The van der Waals surface area contributed by atoms with Crippen LogP contribution in [0.1, 0.15) is 12.5 Å². The first-order valence-electron chi connectivity index (χ1n) is 7.71. The van der Waals surface area contributed by atoms with Crippen molar-refractivity contribution >= 4 is 33.6 Å². The van der Waals surface area contributed by atoms with Crippen LogP contribution < -0.4 is 14.8 Å². The quantitative estimate of drug-likeness (QED) is 0.760. The first-order valence-corrected chi connectivity index (χ1v) is 9.38. The second kappa shape index (κ2) is 7.94. The zero-order chi connectivity index (χ0) is 16.9. The maximum absolute atomic E-state index is 12.3. The van der Waals surface area contributed by atoms with Crippen LogP contribution in [0.2, 0.25) is 0 Å². The molecule has 0 spiro atoms. The summed E-state index contributed by atoms with van der Waals surface area (Å²) < 4.78 is 12.3. The number of nitrogens with one attached hydrogen (secondary N) is 1. The molecule has 0 bridgehead atoms. The van der Waals surface area contributed by atoms with Crippen LogP contribution in [0.15, 0.2) is 51.8 Å². The molecule has 1 amide bonds. The third kappa shape index (κ3) is 4.24. The Morgan fingerprint density at radius 1 is 1.21 bits per heavy atom. The molecule has 24 heavy (non-hydrogen) atoms. The van der Waals surface area contributed by atoms with Gasteiger partial charge in [0.25, 0.3) is 0 Å². The molecule has 0 aliphatic carbocycles. The Bertz CT molecular complexity index is 721. The van der Waals surface area contributed by atoms with Crippen LogP contribution in [0.3, 0.4) is 0 Å². The molecule has 3 rings (SSSR count). The highest BCUT2D eigenvalue weighted by Gasteiger charge is 2.18. The van der Waals surface area contributed by atoms with Crippen molar-refractivity contribution in [2.75, 3.05) is 13.2 Å². The van der Waals surface area contributed by atoms with Gasteiger partial charge in [-0.05, 0) is 37.3 Å². The van der Waals surface area contributed by atoms with Crippen molar-refractivity contribution in [3.8, 4) is 11.5 Å². The van der Waals surface area contributed by atoms with Crippen molar-refractivity contribution in [3.05, 3.63) is 52.5 Å². The molecule has 2 aromatic carbocycles. The summed E-state index contributed by atoms with van der Waals surface area (Å²) in [5, 5.41) is 2.80. The van der Waals surface area contributed by atoms with E-state index in [0.717, 1.165) is 26.4 Å². The molecule has 4 nitrogen and oxygen atoms in total. The predicted molar refractivity (Wildman–Crippen MR) is 98.7 cm³/mol. The summed E-state index contributed by atoms with van der Waals surface area (Å²) in [6.45, 7) is 3.43. The number of carbonyl (C=O) groups excluding carboxylic acids is 1. The average Bonchev–Trinajstić information content (AvgIpc) is 2.61. The summed E-state index contributed by atoms with van der Waals surface area (Å²) >= 11 is 4.95. The van der Waals surface area contributed by atoms with Crippen LogP contribution in [0, 0.1) is 0 Å². The van der Waals surface area contributed by atoms with Gasteiger partial charge >= 0.3 is 0 Å². The molecule has 1 aliphatic rings. The van der Waals surface area contributed by atoms with E-state index in [1.165, 1.54) is 11.8 Å². The molecule has 1 heterocycles. The summed E-state index contributed by atoms with van der Waals surface area (Å²) in [5.41, 5.74) is 0.932. The molecule has 0 saturated heterocycles. The van der Waals surface area contributed by atoms with Gasteiger partial charge in [0.15, 0.2) is 11.5 Å². The Hall–Kier alpha value is -1.66. The van der Waals surface area contributed by atoms with Crippen molar-refractivity contribution in [1.82, 2.24) is 5.32 Å². The van der Waals surface area contributed by atoms with E-state index in [0.29, 0.717) is 19.8 Å². The van der Waals surface area contributed by atoms with Crippen LogP contribution >= 0.6 is 27.7 Å². The number of thioether (sulfide) groups is 1. The standard InChI is InChI=1S/C18H18BrNO3S/c1-12(24-15-7-5-14(19)6-8-15)18(21)20-11-13-3-2-4-16-17(13)23-10-9-22-16/h2-8,12H,9-11H2,1H3,(H,20,21). The normalized spacial score (nSPS) is 14.1. The van der Waals surface area contributed by atoms with Crippen molar-refractivity contribution in [1.29, 1.82) is 0 Å². The lowest BCUT2D eigenvalue weighted by molar-refractivity contribution is -0.120. The van der Waals surface area contributed by atoms with Gasteiger partial charge in [0.05, 0.1) is 5.25 Å². The lowest BCUT2D eigenvalue weighted by atomic mass is 10.1. The Morgan fingerprint density at radius 2 is 1.96 bits per heavy atom. The molecule has 126 valence electrons. The van der Waals surface area contributed by atoms with Gasteiger partial charge in [0.2, 0.25) is 5.91 Å². The van der Waals surface area contributed by atoms with Crippen LogP contribution in [0.5, 0.6) is 11.5 Å². The summed E-state index contributed by atoms with van der Waals surface area (Å²) in [7, 11) is 0. The molecular weight excluding hydrogens is 390 g/mol. The fourth-order valence-corrected chi connectivity index (χ4v) is 3.53. The highest BCUT2D eigenvalue weighted by Crippen LogP contribution is 2.33. The van der Waals surface area contributed by atoms with E-state index in [9.17, 15) is 4.79 Å². The number of rotatable bonds is 5. The minimum Gasteiger partial charge on any atom is -0.486 e. The number of ether oxygens (including phenoxy) is 2. The molecule has 1 aliphatic heterocycles. The number of carbonyl (C=O) groups is 1. The largest absolute Gasteiger partial charge is 0.486 e. The zero-order valence-electron chi connectivity index (χ0n) is 13.3. The molecular formula is C18H18BrNO3S. The number of hydrogen-bond donors (Lipinski definition) is 1. The lowest BCUT2D eigenvalue weighted by Crippen LogP contribution is -2.30. The molecule has 1 N–H and O–H groups in total. The van der Waals surface area contributed by atoms with Crippen molar-refractivity contribution < 1.29 is 14.3 Å². The van der Waals surface area contributed by atoms with Crippen LogP contribution in [-0.4, -0.2) is 24.4 Å². The Kier molecular flexibility index (Phi) is 5.68. The maximum Gasteiger partial charge on any atom is 0.233 e. The fourth-order valence-electron chi connectivity index (χ4n) is 2.37. The van der Waals surface area contributed by atoms with E-state index < -0.39 is 0 Å². The first kappa shape index (κ1) is 17.2. The van der Waals surface area contributed by atoms with Gasteiger partial charge in [-0.15, -0.1) is 11.8 Å². The van der Waals surface area contributed by atoms with Crippen LogP contribution in [0.4, 0.5) is 0 Å². The highest BCUT2D eigenvalue weighted by molar-refractivity contribution is 9.10. The smallest absolute Gasteiger partial charge is 0.233 e. The topological polar surface area (TPSA) is 47.6 Å². The summed E-state index contributed by atoms with van der Waals surface area (Å²) in [5.74, 6) is 1.47. The average molecular weight is 408 g/mol. The van der Waals surface area contributed by atoms with Gasteiger partial charge in [-0.1, -0.05) is 28.1 Å². The molecule has 1 atom stereocenters. The minimum absolute atomic E-state index is 0.00255. The molecule has 0 fully saturated rings. The fraction of sp³-hybridized carbons (Fsp3) is 0.278. The second-order valence-electron chi connectivity index (χ2n) is 5.37. The predicted octanol–water partition coefficient (Wildman–Crippen LogP) is 4.02. The first-order chi connectivity index (χ1) is 11.6. The Labute approximate surface area is 154 Å². The van der Waals surface area contributed by atoms with E-state index >= 15 is 0 Å². The van der Waals surface area contributed by atoms with Gasteiger partial charge in [0.1, 0.15) is 13.2 Å². The molecule has 6 heteroatoms. The molecule has 0 radical (unpaired) electrons. The van der Waals surface area contributed by atoms with Crippen molar-refractivity contribution in [2.45, 2.75) is 23.6 Å². The summed E-state index contributed by atoms with van der Waals surface area (Å²) in [6, 6.07) is 13.7. The number of halogens is 1. The van der Waals surface area contributed by atoms with Crippen molar-refractivity contribution in [3.63, 3.8) is 0 Å². The third-order valence-corrected chi connectivity index (χ3v) is 5.24. The summed E-state index contributed by atoms with van der Waals surface area (Å²) in [4.78, 5) is 13.4. The zero-order valence-corrected chi connectivity index (χ0v) is 15.7. The SMILES string of the molecule is CC(Sc1ccc(Br)cc1)C(=O)NCc1cccc2c1OCCO2. The number of fused-ring (bicyclic) bond motifs is 1. The number of para-hydroxylation sites is 1.